The third-order valence-corrected chi connectivity index (χ3v) is 5.95. The van der Waals surface area contributed by atoms with Crippen molar-refractivity contribution in [1.29, 1.82) is 0 Å². The quantitative estimate of drug-likeness (QED) is 0.384. The van der Waals surface area contributed by atoms with Crippen LogP contribution in [0.2, 0.25) is 0 Å². The van der Waals surface area contributed by atoms with Gasteiger partial charge in [-0.3, -0.25) is 4.90 Å². The zero-order chi connectivity index (χ0) is 25.1. The number of fused-ring (bicyclic) bond motifs is 2. The molecule has 35 heavy (non-hydrogen) atoms. The van der Waals surface area contributed by atoms with Gasteiger partial charge >= 0.3 is 12.2 Å². The number of hydrogen-bond acceptors (Lipinski definition) is 4. The van der Waals surface area contributed by atoms with E-state index in [1.165, 1.54) is 18.5 Å². The monoisotopic (exact) mass is 488 g/mol. The number of anilines is 3. The molecule has 0 saturated heterocycles. The summed E-state index contributed by atoms with van der Waals surface area (Å²) in [6.07, 6.45) is -1.56. The summed E-state index contributed by atoms with van der Waals surface area (Å²) in [5.41, 5.74) is 6.00. The van der Waals surface area contributed by atoms with Gasteiger partial charge in [0, 0.05) is 36.5 Å². The number of rotatable bonds is 2. The summed E-state index contributed by atoms with van der Waals surface area (Å²) in [4.78, 5) is 22.1. The molecule has 2 amide bonds. The fourth-order valence-corrected chi connectivity index (χ4v) is 4.28. The van der Waals surface area contributed by atoms with Crippen molar-refractivity contribution in [1.82, 2.24) is 14.5 Å². The minimum absolute atomic E-state index is 0.0584. The van der Waals surface area contributed by atoms with Crippen molar-refractivity contribution in [2.24, 2.45) is 7.05 Å². The Morgan fingerprint density at radius 2 is 1.89 bits per heavy atom. The number of halogens is 5. The number of benzene rings is 2. The summed E-state index contributed by atoms with van der Waals surface area (Å²) in [5.74, 6) is -1.41. The number of hydrogen-bond donors (Lipinski definition) is 2. The van der Waals surface area contributed by atoms with Crippen LogP contribution in [0, 0.1) is 11.6 Å². The van der Waals surface area contributed by atoms with Crippen molar-refractivity contribution >= 4 is 34.3 Å². The van der Waals surface area contributed by atoms with Crippen LogP contribution in [-0.2, 0) is 19.6 Å². The van der Waals surface area contributed by atoms with Crippen LogP contribution in [0.5, 0.6) is 0 Å². The van der Waals surface area contributed by atoms with Crippen LogP contribution in [0.4, 0.5) is 43.9 Å². The van der Waals surface area contributed by atoms with Crippen LogP contribution in [0.15, 0.2) is 42.9 Å². The summed E-state index contributed by atoms with van der Waals surface area (Å²) in [5, 5.41) is 2.65. The normalized spacial score (nSPS) is 13.4. The van der Waals surface area contributed by atoms with Gasteiger partial charge in [-0.15, -0.1) is 0 Å². The van der Waals surface area contributed by atoms with E-state index in [9.17, 15) is 22.4 Å². The Balaban J connectivity index is 1.48. The Bertz CT molecular complexity index is 1500. The molecule has 3 heterocycles. The molecule has 0 atom stereocenters. The fourth-order valence-electron chi connectivity index (χ4n) is 4.28. The molecule has 3 N–H and O–H groups in total. The lowest BCUT2D eigenvalue weighted by molar-refractivity contribution is -0.137. The first-order valence-electron chi connectivity index (χ1n) is 10.4. The molecule has 5 rings (SSSR count). The summed E-state index contributed by atoms with van der Waals surface area (Å²) in [6.45, 7) is 0.0584. The molecule has 0 fully saturated rings. The Hall–Kier alpha value is -4.22. The first-order chi connectivity index (χ1) is 16.6. The lowest BCUT2D eigenvalue weighted by Gasteiger charge is -2.19. The third kappa shape index (κ3) is 3.70. The van der Waals surface area contributed by atoms with E-state index in [1.807, 2.05) is 0 Å². The molecule has 2 aromatic heterocycles. The van der Waals surface area contributed by atoms with Gasteiger partial charge in [-0.1, -0.05) is 0 Å². The zero-order valence-corrected chi connectivity index (χ0v) is 18.1. The van der Waals surface area contributed by atoms with Gasteiger partial charge in [-0.2, -0.15) is 13.2 Å². The second kappa shape index (κ2) is 7.93. The van der Waals surface area contributed by atoms with E-state index in [0.717, 1.165) is 4.90 Å². The fraction of sp³-hybridized carbons (Fsp3) is 0.174. The molecule has 0 radical (unpaired) electrons. The van der Waals surface area contributed by atoms with Gasteiger partial charge in [0.15, 0.2) is 0 Å². The molecule has 1 aliphatic rings. The van der Waals surface area contributed by atoms with E-state index in [0.29, 0.717) is 34.8 Å². The van der Waals surface area contributed by atoms with Crippen LogP contribution >= 0.6 is 0 Å². The highest BCUT2D eigenvalue weighted by atomic mass is 19.4. The number of urea groups is 1. The molecule has 7 nitrogen and oxygen atoms in total. The van der Waals surface area contributed by atoms with E-state index < -0.39 is 35.1 Å². The van der Waals surface area contributed by atoms with Crippen molar-refractivity contribution in [2.45, 2.75) is 12.6 Å². The van der Waals surface area contributed by atoms with Gasteiger partial charge in [-0.05, 0) is 36.8 Å². The van der Waals surface area contributed by atoms with E-state index in [-0.39, 0.29) is 35.6 Å². The highest BCUT2D eigenvalue weighted by Gasteiger charge is 2.33. The summed E-state index contributed by atoms with van der Waals surface area (Å²) < 4.78 is 70.3. The maximum absolute atomic E-state index is 15.6. The number of nitrogens with two attached hydrogens (primary N) is 1. The standard InChI is InChI=1S/C23H17F5N6O/c1-33-9-14(18-20(29)30-10-31-21(18)33)12-3-5-17-13(19(12)25)6-7-34(17)22(35)32-16-8-11(23(26,27)28)2-4-15(16)24/h2-5,8-10H,6-7H2,1H3,(H,32,35)(H2,29,30,31). The SMILES string of the molecule is Cn1cc(-c2ccc3c(c2F)CCN3C(=O)Nc2cc(C(F)(F)F)ccc2F)c2c(N)ncnc21. The van der Waals surface area contributed by atoms with Crippen LogP contribution in [0.1, 0.15) is 11.1 Å². The predicted molar refractivity (Wildman–Crippen MR) is 120 cm³/mol. The van der Waals surface area contributed by atoms with Crippen molar-refractivity contribution in [3.63, 3.8) is 0 Å². The van der Waals surface area contributed by atoms with Crippen molar-refractivity contribution in [2.75, 3.05) is 22.5 Å². The van der Waals surface area contributed by atoms with E-state index >= 15 is 4.39 Å². The van der Waals surface area contributed by atoms with Crippen LogP contribution in [0.25, 0.3) is 22.2 Å². The Morgan fingerprint density at radius 3 is 2.63 bits per heavy atom. The summed E-state index contributed by atoms with van der Waals surface area (Å²) >= 11 is 0. The lowest BCUT2D eigenvalue weighted by Crippen LogP contribution is -2.33. The number of alkyl halides is 3. The Kier molecular flexibility index (Phi) is 5.11. The van der Waals surface area contributed by atoms with Gasteiger partial charge in [0.2, 0.25) is 0 Å². The molecule has 0 unspecified atom stereocenters. The van der Waals surface area contributed by atoms with Gasteiger partial charge < -0.3 is 15.6 Å². The molecule has 0 bridgehead atoms. The van der Waals surface area contributed by atoms with Gasteiger partial charge in [0.25, 0.3) is 0 Å². The first kappa shape index (κ1) is 22.6. The smallest absolute Gasteiger partial charge is 0.383 e. The topological polar surface area (TPSA) is 89.1 Å². The molecule has 0 aliphatic carbocycles. The van der Waals surface area contributed by atoms with E-state index in [1.54, 1.807) is 17.8 Å². The maximum atomic E-state index is 15.6. The molecular formula is C23H17F5N6O. The highest BCUT2D eigenvalue weighted by molar-refractivity contribution is 6.04. The average molecular weight is 488 g/mol. The number of amides is 2. The second-order valence-corrected chi connectivity index (χ2v) is 8.06. The third-order valence-electron chi connectivity index (χ3n) is 5.95. The number of aromatic nitrogens is 3. The number of nitrogens with zero attached hydrogens (tertiary/aromatic N) is 4. The molecule has 4 aromatic rings. The van der Waals surface area contributed by atoms with E-state index in [2.05, 4.69) is 15.3 Å². The Labute approximate surface area is 195 Å². The Morgan fingerprint density at radius 1 is 1.11 bits per heavy atom. The number of nitrogens with one attached hydrogen (secondary N) is 1. The van der Waals surface area contributed by atoms with Crippen molar-refractivity contribution in [3.8, 4) is 11.1 Å². The molecule has 2 aromatic carbocycles. The first-order valence-corrected chi connectivity index (χ1v) is 10.4. The van der Waals surface area contributed by atoms with Crippen LogP contribution in [-0.4, -0.2) is 27.1 Å². The second-order valence-electron chi connectivity index (χ2n) is 8.06. The largest absolute Gasteiger partial charge is 0.416 e. The summed E-state index contributed by atoms with van der Waals surface area (Å²) in [6, 6.07) is 3.85. The van der Waals surface area contributed by atoms with Crippen LogP contribution in [0.3, 0.4) is 0 Å². The van der Waals surface area contributed by atoms with Gasteiger partial charge in [-0.25, -0.2) is 23.5 Å². The number of carbonyl (C=O) groups is 1. The number of nitrogen functional groups attached to an aromatic ring is 1. The highest BCUT2D eigenvalue weighted by Crippen LogP contribution is 2.40. The number of carbonyl (C=O) groups excluding carboxylic acids is 1. The molecule has 180 valence electrons. The molecule has 1 aliphatic heterocycles. The molecule has 0 saturated carbocycles. The molecule has 12 heteroatoms. The van der Waals surface area contributed by atoms with Gasteiger partial charge in [0.1, 0.15) is 29.4 Å². The van der Waals surface area contributed by atoms with Crippen molar-refractivity contribution in [3.05, 3.63) is 65.6 Å². The molecule has 0 spiro atoms. The van der Waals surface area contributed by atoms with Crippen LogP contribution < -0.4 is 16.0 Å². The zero-order valence-electron chi connectivity index (χ0n) is 18.1. The maximum Gasteiger partial charge on any atom is 0.416 e. The van der Waals surface area contributed by atoms with E-state index in [4.69, 9.17) is 5.73 Å². The minimum Gasteiger partial charge on any atom is -0.383 e. The summed E-state index contributed by atoms with van der Waals surface area (Å²) in [7, 11) is 1.74. The van der Waals surface area contributed by atoms with Gasteiger partial charge in [0.05, 0.1) is 22.3 Å². The minimum atomic E-state index is -4.71. The predicted octanol–water partition coefficient (Wildman–Crippen LogP) is 5.11. The van der Waals surface area contributed by atoms with Crippen molar-refractivity contribution < 1.29 is 26.7 Å². The number of aryl methyl sites for hydroxylation is 1. The lowest BCUT2D eigenvalue weighted by atomic mass is 10.0. The molecular weight excluding hydrogens is 471 g/mol. The average Bonchev–Trinajstić information content (AvgIpc) is 3.38.